The Hall–Kier alpha value is -1.56. The second-order valence-corrected chi connectivity index (χ2v) is 6.35. The summed E-state index contributed by atoms with van der Waals surface area (Å²) in [4.78, 5) is 26.8. The van der Waals surface area contributed by atoms with Gasteiger partial charge in [-0.1, -0.05) is 0 Å². The second kappa shape index (κ2) is 4.85. The Kier molecular flexibility index (Phi) is 3.54. The molecule has 1 saturated heterocycles. The molecule has 1 aliphatic heterocycles. The maximum Gasteiger partial charge on any atom is 0.311 e. The van der Waals surface area contributed by atoms with Gasteiger partial charge in [-0.3, -0.25) is 9.59 Å². The largest absolute Gasteiger partial charge is 0.495 e. The number of rotatable bonds is 3. The zero-order valence-corrected chi connectivity index (χ0v) is 12.0. The van der Waals surface area contributed by atoms with Crippen LogP contribution in [0.1, 0.15) is 27.9 Å². The van der Waals surface area contributed by atoms with Crippen molar-refractivity contribution in [2.75, 3.05) is 20.2 Å². The molecular weight excluding hydrogens is 266 g/mol. The number of likely N-dealkylation sites (tertiary alicyclic amines) is 1. The molecule has 104 valence electrons. The Labute approximate surface area is 115 Å². The van der Waals surface area contributed by atoms with Gasteiger partial charge < -0.3 is 14.7 Å². The molecule has 1 N–H and O–H groups in total. The molecule has 2 rings (SSSR count). The third kappa shape index (κ3) is 2.45. The van der Waals surface area contributed by atoms with Crippen LogP contribution in [-0.4, -0.2) is 42.1 Å². The van der Waals surface area contributed by atoms with Gasteiger partial charge in [-0.15, -0.1) is 11.3 Å². The van der Waals surface area contributed by atoms with Crippen LogP contribution in [-0.2, 0) is 4.79 Å². The first kappa shape index (κ1) is 13.9. The van der Waals surface area contributed by atoms with Crippen LogP contribution in [0.25, 0.3) is 0 Å². The number of hydrogen-bond donors (Lipinski definition) is 1. The lowest BCUT2D eigenvalue weighted by atomic mass is 9.90. The minimum atomic E-state index is -0.850. The summed E-state index contributed by atoms with van der Waals surface area (Å²) in [5.74, 6) is -0.423. The van der Waals surface area contributed by atoms with Gasteiger partial charge in [-0.05, 0) is 26.3 Å². The fourth-order valence-electron chi connectivity index (χ4n) is 2.24. The number of amides is 1. The number of thiophene rings is 1. The monoisotopic (exact) mass is 283 g/mol. The topological polar surface area (TPSA) is 66.8 Å². The molecule has 0 aromatic carbocycles. The standard InChI is InChI=1S/C13H17NO4S/c1-8-6-9(18-3)10(19-8)11(15)14-5-4-13(2,7-14)12(16)17/h6H,4-5,7H2,1-3H3,(H,16,17). The number of ether oxygens (including phenoxy) is 1. The zero-order valence-electron chi connectivity index (χ0n) is 11.2. The fourth-order valence-corrected chi connectivity index (χ4v) is 3.19. The summed E-state index contributed by atoms with van der Waals surface area (Å²) < 4.78 is 5.19. The van der Waals surface area contributed by atoms with Crippen LogP contribution in [0.4, 0.5) is 0 Å². The summed E-state index contributed by atoms with van der Waals surface area (Å²) in [7, 11) is 1.53. The third-order valence-electron chi connectivity index (χ3n) is 3.51. The summed E-state index contributed by atoms with van der Waals surface area (Å²) >= 11 is 1.38. The van der Waals surface area contributed by atoms with Gasteiger partial charge in [0.1, 0.15) is 10.6 Å². The molecule has 1 unspecified atom stereocenters. The molecule has 0 radical (unpaired) electrons. The Morgan fingerprint density at radius 3 is 2.74 bits per heavy atom. The number of aliphatic carboxylic acids is 1. The molecule has 0 bridgehead atoms. The van der Waals surface area contributed by atoms with Crippen molar-refractivity contribution in [3.8, 4) is 5.75 Å². The molecule has 1 aromatic heterocycles. The van der Waals surface area contributed by atoms with Crippen molar-refractivity contribution in [1.82, 2.24) is 4.90 Å². The molecule has 1 aliphatic rings. The summed E-state index contributed by atoms with van der Waals surface area (Å²) in [5.41, 5.74) is -0.838. The minimum Gasteiger partial charge on any atom is -0.495 e. The van der Waals surface area contributed by atoms with E-state index in [2.05, 4.69) is 0 Å². The number of carboxylic acid groups (broad SMARTS) is 1. The summed E-state index contributed by atoms with van der Waals surface area (Å²) in [5, 5.41) is 9.19. The van der Waals surface area contributed by atoms with Gasteiger partial charge in [0, 0.05) is 18.0 Å². The number of carbonyl (C=O) groups excluding carboxylic acids is 1. The second-order valence-electron chi connectivity index (χ2n) is 5.10. The number of hydrogen-bond acceptors (Lipinski definition) is 4. The van der Waals surface area contributed by atoms with Crippen molar-refractivity contribution in [2.45, 2.75) is 20.3 Å². The first-order chi connectivity index (χ1) is 8.87. The first-order valence-electron chi connectivity index (χ1n) is 6.04. The van der Waals surface area contributed by atoms with E-state index >= 15 is 0 Å². The molecule has 2 heterocycles. The molecular formula is C13H17NO4S. The summed E-state index contributed by atoms with van der Waals surface area (Å²) in [6.07, 6.45) is 0.487. The summed E-state index contributed by atoms with van der Waals surface area (Å²) in [6, 6.07) is 1.82. The average Bonchev–Trinajstić information content (AvgIpc) is 2.93. The lowest BCUT2D eigenvalue weighted by molar-refractivity contribution is -0.147. The molecule has 1 fully saturated rings. The SMILES string of the molecule is COc1cc(C)sc1C(=O)N1CCC(C)(C(=O)O)C1. The predicted octanol–water partition coefficient (Wildman–Crippen LogP) is 2.00. The van der Waals surface area contributed by atoms with E-state index in [0.29, 0.717) is 23.6 Å². The highest BCUT2D eigenvalue weighted by Gasteiger charge is 2.42. The van der Waals surface area contributed by atoms with Crippen molar-refractivity contribution >= 4 is 23.2 Å². The highest BCUT2D eigenvalue weighted by Crippen LogP contribution is 2.35. The number of nitrogens with zero attached hydrogens (tertiary/aromatic N) is 1. The molecule has 6 heteroatoms. The fraction of sp³-hybridized carbons (Fsp3) is 0.538. The molecule has 0 saturated carbocycles. The Balaban J connectivity index is 2.20. The Bertz CT molecular complexity index is 525. The smallest absolute Gasteiger partial charge is 0.311 e. The van der Waals surface area contributed by atoms with E-state index in [1.54, 1.807) is 11.8 Å². The number of carbonyl (C=O) groups is 2. The molecule has 0 spiro atoms. The van der Waals surface area contributed by atoms with Crippen molar-refractivity contribution in [2.24, 2.45) is 5.41 Å². The van der Waals surface area contributed by atoms with Crippen LogP contribution in [0.3, 0.4) is 0 Å². The highest BCUT2D eigenvalue weighted by atomic mass is 32.1. The van der Waals surface area contributed by atoms with Gasteiger partial charge in [-0.25, -0.2) is 0 Å². The normalized spacial score (nSPS) is 22.6. The van der Waals surface area contributed by atoms with E-state index < -0.39 is 11.4 Å². The molecule has 1 atom stereocenters. The Morgan fingerprint density at radius 2 is 2.21 bits per heavy atom. The van der Waals surface area contributed by atoms with Crippen molar-refractivity contribution in [1.29, 1.82) is 0 Å². The molecule has 0 aliphatic carbocycles. The summed E-state index contributed by atoms with van der Waals surface area (Å²) in [6.45, 7) is 4.32. The lowest BCUT2D eigenvalue weighted by Crippen LogP contribution is -2.34. The van der Waals surface area contributed by atoms with Gasteiger partial charge in [0.05, 0.1) is 12.5 Å². The zero-order chi connectivity index (χ0) is 14.2. The quantitative estimate of drug-likeness (QED) is 0.921. The van der Waals surface area contributed by atoms with Crippen LogP contribution in [0.15, 0.2) is 6.07 Å². The maximum absolute atomic E-state index is 12.4. The van der Waals surface area contributed by atoms with Crippen LogP contribution in [0, 0.1) is 12.3 Å². The molecule has 1 aromatic rings. The van der Waals surface area contributed by atoms with Gasteiger partial charge >= 0.3 is 5.97 Å². The van der Waals surface area contributed by atoms with E-state index in [-0.39, 0.29) is 12.5 Å². The van der Waals surface area contributed by atoms with Crippen LogP contribution < -0.4 is 4.74 Å². The van der Waals surface area contributed by atoms with Crippen molar-refractivity contribution < 1.29 is 19.4 Å². The van der Waals surface area contributed by atoms with E-state index in [1.165, 1.54) is 18.4 Å². The molecule has 5 nitrogen and oxygen atoms in total. The van der Waals surface area contributed by atoms with Crippen LogP contribution >= 0.6 is 11.3 Å². The average molecular weight is 283 g/mol. The van der Waals surface area contributed by atoms with E-state index in [0.717, 1.165) is 4.88 Å². The van der Waals surface area contributed by atoms with Gasteiger partial charge in [-0.2, -0.15) is 0 Å². The third-order valence-corrected chi connectivity index (χ3v) is 4.53. The predicted molar refractivity (Wildman–Crippen MR) is 71.9 cm³/mol. The van der Waals surface area contributed by atoms with Gasteiger partial charge in [0.2, 0.25) is 0 Å². The molecule has 19 heavy (non-hydrogen) atoms. The van der Waals surface area contributed by atoms with Crippen LogP contribution in [0.2, 0.25) is 0 Å². The van der Waals surface area contributed by atoms with E-state index in [4.69, 9.17) is 4.74 Å². The maximum atomic E-state index is 12.4. The Morgan fingerprint density at radius 1 is 1.53 bits per heavy atom. The van der Waals surface area contributed by atoms with Gasteiger partial charge in [0.25, 0.3) is 5.91 Å². The number of methoxy groups -OCH3 is 1. The highest BCUT2D eigenvalue weighted by molar-refractivity contribution is 7.14. The van der Waals surface area contributed by atoms with Gasteiger partial charge in [0.15, 0.2) is 0 Å². The van der Waals surface area contributed by atoms with Crippen LogP contribution in [0.5, 0.6) is 5.75 Å². The molecule has 1 amide bonds. The van der Waals surface area contributed by atoms with Crippen molar-refractivity contribution in [3.63, 3.8) is 0 Å². The minimum absolute atomic E-state index is 0.139. The van der Waals surface area contributed by atoms with E-state index in [1.807, 2.05) is 13.0 Å². The van der Waals surface area contributed by atoms with Crippen molar-refractivity contribution in [3.05, 3.63) is 15.8 Å². The lowest BCUT2D eigenvalue weighted by Gasteiger charge is -2.20. The van der Waals surface area contributed by atoms with E-state index in [9.17, 15) is 14.7 Å². The number of carboxylic acids is 1. The number of aryl methyl sites for hydroxylation is 1. The first-order valence-corrected chi connectivity index (χ1v) is 6.86.